The van der Waals surface area contributed by atoms with Crippen LogP contribution in [0.3, 0.4) is 0 Å². The number of hydrogen-bond acceptors (Lipinski definition) is 3. The Hall–Kier alpha value is -1.23. The number of carbonyl (C=O) groups excluding carboxylic acids is 2. The van der Waals surface area contributed by atoms with Crippen LogP contribution < -0.4 is 10.6 Å². The fourth-order valence-corrected chi connectivity index (χ4v) is 1.49. The average molecular weight is 228 g/mol. The third-order valence-electron chi connectivity index (χ3n) is 2.67. The number of amides is 2. The van der Waals surface area contributed by atoms with Gasteiger partial charge in [-0.15, -0.1) is 0 Å². The highest BCUT2D eigenvalue weighted by Gasteiger charge is 2.25. The SMILES string of the molecule is CC(C)=C(CF)CNC1CCC(=O)NC1=O. The predicted molar refractivity (Wildman–Crippen MR) is 58.5 cm³/mol. The van der Waals surface area contributed by atoms with Crippen molar-refractivity contribution in [2.24, 2.45) is 0 Å². The second-order valence-corrected chi connectivity index (χ2v) is 4.12. The summed E-state index contributed by atoms with van der Waals surface area (Å²) in [5.41, 5.74) is 1.58. The number of hydrogen-bond donors (Lipinski definition) is 2. The molecule has 0 saturated carbocycles. The van der Waals surface area contributed by atoms with Crippen LogP contribution in [0.15, 0.2) is 11.1 Å². The lowest BCUT2D eigenvalue weighted by Crippen LogP contribution is -2.51. The van der Waals surface area contributed by atoms with Crippen LogP contribution in [0.4, 0.5) is 4.39 Å². The first-order valence-electron chi connectivity index (χ1n) is 5.33. The van der Waals surface area contributed by atoms with Gasteiger partial charge in [0.2, 0.25) is 11.8 Å². The molecule has 0 bridgehead atoms. The zero-order valence-corrected chi connectivity index (χ0v) is 9.60. The standard InChI is InChI=1S/C11H17FN2O2/c1-7(2)8(5-12)6-13-9-3-4-10(15)14-11(9)16/h9,13H,3-6H2,1-2H3,(H,14,15,16). The molecule has 1 saturated heterocycles. The molecular formula is C11H17FN2O2. The number of carbonyl (C=O) groups is 2. The Kier molecular flexibility index (Phi) is 4.61. The second kappa shape index (κ2) is 5.75. The number of alkyl halides is 1. The molecule has 4 nitrogen and oxygen atoms in total. The fraction of sp³-hybridized carbons (Fsp3) is 0.636. The zero-order valence-electron chi connectivity index (χ0n) is 9.60. The first kappa shape index (κ1) is 12.8. The van der Waals surface area contributed by atoms with Crippen molar-refractivity contribution in [3.8, 4) is 0 Å². The van der Waals surface area contributed by atoms with E-state index in [9.17, 15) is 14.0 Å². The first-order chi connectivity index (χ1) is 7.54. The van der Waals surface area contributed by atoms with Crippen LogP contribution in [0.1, 0.15) is 26.7 Å². The minimum Gasteiger partial charge on any atom is -0.302 e. The van der Waals surface area contributed by atoms with Crippen LogP contribution in [0.2, 0.25) is 0 Å². The smallest absolute Gasteiger partial charge is 0.243 e. The van der Waals surface area contributed by atoms with Gasteiger partial charge in [0.15, 0.2) is 0 Å². The monoisotopic (exact) mass is 228 g/mol. The number of piperidine rings is 1. The quantitative estimate of drug-likeness (QED) is 0.549. The average Bonchev–Trinajstić information content (AvgIpc) is 2.21. The maximum Gasteiger partial charge on any atom is 0.243 e. The van der Waals surface area contributed by atoms with Crippen LogP contribution in [-0.4, -0.2) is 31.1 Å². The zero-order chi connectivity index (χ0) is 12.1. The van der Waals surface area contributed by atoms with Crippen molar-refractivity contribution in [3.05, 3.63) is 11.1 Å². The molecule has 1 fully saturated rings. The molecule has 0 spiro atoms. The van der Waals surface area contributed by atoms with E-state index >= 15 is 0 Å². The van der Waals surface area contributed by atoms with Gasteiger partial charge in [-0.25, -0.2) is 4.39 Å². The molecule has 0 radical (unpaired) electrons. The summed E-state index contributed by atoms with van der Waals surface area (Å²) >= 11 is 0. The number of imide groups is 1. The minimum absolute atomic E-state index is 0.240. The van der Waals surface area contributed by atoms with Crippen molar-refractivity contribution in [1.29, 1.82) is 0 Å². The third kappa shape index (κ3) is 3.41. The lowest BCUT2D eigenvalue weighted by molar-refractivity contribution is -0.134. The lowest BCUT2D eigenvalue weighted by Gasteiger charge is -2.22. The normalized spacial score (nSPS) is 20.6. The number of rotatable bonds is 4. The van der Waals surface area contributed by atoms with Crippen LogP contribution in [0.25, 0.3) is 0 Å². The van der Waals surface area contributed by atoms with Crippen molar-refractivity contribution in [1.82, 2.24) is 10.6 Å². The van der Waals surface area contributed by atoms with Crippen LogP contribution in [-0.2, 0) is 9.59 Å². The third-order valence-corrected chi connectivity index (χ3v) is 2.67. The van der Waals surface area contributed by atoms with Crippen molar-refractivity contribution < 1.29 is 14.0 Å². The van der Waals surface area contributed by atoms with E-state index in [-0.39, 0.29) is 11.8 Å². The lowest BCUT2D eigenvalue weighted by atomic mass is 10.1. The van der Waals surface area contributed by atoms with E-state index in [0.29, 0.717) is 25.0 Å². The van der Waals surface area contributed by atoms with Crippen LogP contribution in [0.5, 0.6) is 0 Å². The minimum atomic E-state index is -0.511. The molecule has 1 heterocycles. The van der Waals surface area contributed by atoms with Gasteiger partial charge >= 0.3 is 0 Å². The van der Waals surface area contributed by atoms with Gasteiger partial charge in [-0.3, -0.25) is 14.9 Å². The highest BCUT2D eigenvalue weighted by Crippen LogP contribution is 2.07. The Bertz CT molecular complexity index is 322. The van der Waals surface area contributed by atoms with Gasteiger partial charge < -0.3 is 5.32 Å². The van der Waals surface area contributed by atoms with E-state index in [1.165, 1.54) is 0 Å². The summed E-state index contributed by atoms with van der Waals surface area (Å²) in [6.07, 6.45) is 0.816. The molecule has 0 aromatic heterocycles. The highest BCUT2D eigenvalue weighted by molar-refractivity contribution is 6.00. The summed E-state index contributed by atoms with van der Waals surface area (Å²) in [7, 11) is 0. The van der Waals surface area contributed by atoms with Gasteiger partial charge in [0.1, 0.15) is 6.67 Å². The Balaban J connectivity index is 2.47. The van der Waals surface area contributed by atoms with Gasteiger partial charge in [-0.1, -0.05) is 5.57 Å². The van der Waals surface area contributed by atoms with Gasteiger partial charge in [-0.2, -0.15) is 0 Å². The van der Waals surface area contributed by atoms with Crippen molar-refractivity contribution in [2.75, 3.05) is 13.2 Å². The number of nitrogens with one attached hydrogen (secondary N) is 2. The molecule has 0 aliphatic carbocycles. The second-order valence-electron chi connectivity index (χ2n) is 4.12. The summed E-state index contributed by atoms with van der Waals surface area (Å²) < 4.78 is 12.6. The van der Waals surface area contributed by atoms with Gasteiger partial charge in [0.25, 0.3) is 0 Å². The topological polar surface area (TPSA) is 58.2 Å². The molecule has 2 amide bonds. The number of halogens is 1. The molecule has 1 aliphatic heterocycles. The molecule has 1 atom stereocenters. The van der Waals surface area contributed by atoms with Gasteiger partial charge in [0.05, 0.1) is 6.04 Å². The van der Waals surface area contributed by atoms with E-state index in [0.717, 1.165) is 5.57 Å². The van der Waals surface area contributed by atoms with Crippen LogP contribution in [0, 0.1) is 0 Å². The summed E-state index contributed by atoms with van der Waals surface area (Å²) in [6, 6.07) is -0.390. The summed E-state index contributed by atoms with van der Waals surface area (Å²) in [4.78, 5) is 22.3. The largest absolute Gasteiger partial charge is 0.302 e. The molecule has 5 heteroatoms. The van der Waals surface area contributed by atoms with E-state index in [1.807, 2.05) is 13.8 Å². The fourth-order valence-electron chi connectivity index (χ4n) is 1.49. The summed E-state index contributed by atoms with van der Waals surface area (Å²) in [5.74, 6) is -0.556. The molecule has 1 unspecified atom stereocenters. The highest BCUT2D eigenvalue weighted by atomic mass is 19.1. The Morgan fingerprint density at radius 3 is 2.69 bits per heavy atom. The number of allylic oxidation sites excluding steroid dienone is 1. The Morgan fingerprint density at radius 1 is 1.50 bits per heavy atom. The van der Waals surface area contributed by atoms with Gasteiger partial charge in [0, 0.05) is 13.0 Å². The van der Waals surface area contributed by atoms with Crippen molar-refractivity contribution in [2.45, 2.75) is 32.7 Å². The first-order valence-corrected chi connectivity index (χ1v) is 5.33. The summed E-state index contributed by atoms with van der Waals surface area (Å²) in [5, 5.41) is 5.21. The molecule has 90 valence electrons. The van der Waals surface area contributed by atoms with E-state index in [2.05, 4.69) is 10.6 Å². The molecule has 1 rings (SSSR count). The molecule has 16 heavy (non-hydrogen) atoms. The predicted octanol–water partition coefficient (Wildman–Crippen LogP) is 0.687. The maximum atomic E-state index is 12.6. The Morgan fingerprint density at radius 2 is 2.19 bits per heavy atom. The maximum absolute atomic E-state index is 12.6. The van der Waals surface area contributed by atoms with E-state index in [4.69, 9.17) is 0 Å². The van der Waals surface area contributed by atoms with Crippen LogP contribution >= 0.6 is 0 Å². The molecular weight excluding hydrogens is 211 g/mol. The summed E-state index contributed by atoms with van der Waals surface area (Å²) in [6.45, 7) is 3.51. The van der Waals surface area contributed by atoms with E-state index in [1.54, 1.807) is 0 Å². The molecule has 2 N–H and O–H groups in total. The van der Waals surface area contributed by atoms with Crippen molar-refractivity contribution >= 4 is 11.8 Å². The van der Waals surface area contributed by atoms with Gasteiger partial charge in [-0.05, 0) is 25.8 Å². The molecule has 0 aromatic rings. The Labute approximate surface area is 94.3 Å². The van der Waals surface area contributed by atoms with Crippen molar-refractivity contribution in [3.63, 3.8) is 0 Å². The molecule has 1 aliphatic rings. The van der Waals surface area contributed by atoms with E-state index < -0.39 is 12.7 Å². The molecule has 0 aromatic carbocycles.